The van der Waals surface area contributed by atoms with Gasteiger partial charge in [-0.2, -0.15) is 0 Å². The molecule has 3 N–H and O–H groups in total. The smallest absolute Gasteiger partial charge is 0.244 e. The fraction of sp³-hybridized carbons (Fsp3) is 0.417. The average Bonchev–Trinajstić information content (AvgIpc) is 2.34. The summed E-state index contributed by atoms with van der Waals surface area (Å²) in [5.41, 5.74) is 5.49. The van der Waals surface area contributed by atoms with Crippen molar-refractivity contribution < 1.29 is 4.79 Å². The van der Waals surface area contributed by atoms with Crippen LogP contribution in [0, 0.1) is 0 Å². The van der Waals surface area contributed by atoms with E-state index in [1.807, 2.05) is 13.8 Å². The zero-order valence-electron chi connectivity index (χ0n) is 10.2. The minimum absolute atomic E-state index is 0.284. The van der Waals surface area contributed by atoms with Gasteiger partial charge in [-0.3, -0.25) is 4.79 Å². The molecule has 0 aliphatic carbocycles. The van der Waals surface area contributed by atoms with Crippen molar-refractivity contribution in [1.82, 2.24) is 0 Å². The maximum atomic E-state index is 12.1. The van der Waals surface area contributed by atoms with Crippen molar-refractivity contribution in [2.24, 2.45) is 5.73 Å². The average molecular weight is 310 g/mol. The van der Waals surface area contributed by atoms with Crippen molar-refractivity contribution in [2.45, 2.75) is 32.2 Å². The van der Waals surface area contributed by atoms with E-state index in [-0.39, 0.29) is 5.91 Å². The number of carbonyl (C=O) groups excluding carboxylic acids is 1. The third-order valence-corrected chi connectivity index (χ3v) is 4.01. The molecule has 1 aromatic rings. The SMILES string of the molecule is CCC(N)(CC)C(=O)Nc1cc(Cl)c(Cl)cc1Cl. The lowest BCUT2D eigenvalue weighted by molar-refractivity contribution is -0.121. The van der Waals surface area contributed by atoms with Crippen LogP contribution in [0.15, 0.2) is 12.1 Å². The summed E-state index contributed by atoms with van der Waals surface area (Å²) < 4.78 is 0. The van der Waals surface area contributed by atoms with Gasteiger partial charge in [-0.1, -0.05) is 48.7 Å². The predicted molar refractivity (Wildman–Crippen MR) is 77.6 cm³/mol. The Bertz CT molecular complexity index is 459. The van der Waals surface area contributed by atoms with Gasteiger partial charge < -0.3 is 11.1 Å². The van der Waals surface area contributed by atoms with Crippen molar-refractivity contribution in [3.05, 3.63) is 27.2 Å². The van der Waals surface area contributed by atoms with Gasteiger partial charge in [0.05, 0.1) is 26.3 Å². The van der Waals surface area contributed by atoms with E-state index in [2.05, 4.69) is 5.32 Å². The van der Waals surface area contributed by atoms with Crippen LogP contribution < -0.4 is 11.1 Å². The number of hydrogen-bond donors (Lipinski definition) is 2. The summed E-state index contributed by atoms with van der Waals surface area (Å²) in [7, 11) is 0. The molecule has 0 aliphatic rings. The van der Waals surface area contributed by atoms with E-state index in [0.29, 0.717) is 33.6 Å². The normalized spacial score (nSPS) is 11.4. The van der Waals surface area contributed by atoms with Gasteiger partial charge in [-0.05, 0) is 25.0 Å². The number of rotatable bonds is 4. The van der Waals surface area contributed by atoms with Crippen LogP contribution >= 0.6 is 34.8 Å². The first-order valence-corrected chi connectivity index (χ1v) is 6.72. The Morgan fingerprint density at radius 3 is 2.17 bits per heavy atom. The van der Waals surface area contributed by atoms with Crippen LogP contribution in [0.4, 0.5) is 5.69 Å². The van der Waals surface area contributed by atoms with Gasteiger partial charge in [0.25, 0.3) is 0 Å². The standard InChI is InChI=1S/C12H15Cl3N2O/c1-3-12(16,4-2)11(18)17-10-6-8(14)7(13)5-9(10)15/h5-6H,3-4,16H2,1-2H3,(H,17,18). The second-order valence-electron chi connectivity index (χ2n) is 4.06. The van der Waals surface area contributed by atoms with Crippen LogP contribution in [0.3, 0.4) is 0 Å². The topological polar surface area (TPSA) is 55.1 Å². The molecule has 0 radical (unpaired) electrons. The second-order valence-corrected chi connectivity index (χ2v) is 5.29. The first kappa shape index (κ1) is 15.6. The van der Waals surface area contributed by atoms with Gasteiger partial charge in [0.1, 0.15) is 0 Å². The Morgan fingerprint density at radius 2 is 1.67 bits per heavy atom. The zero-order valence-corrected chi connectivity index (χ0v) is 12.5. The molecule has 0 fully saturated rings. The molecule has 0 spiro atoms. The summed E-state index contributed by atoms with van der Waals surface area (Å²) in [6.45, 7) is 3.72. The molecule has 3 nitrogen and oxygen atoms in total. The van der Waals surface area contributed by atoms with Gasteiger partial charge in [-0.15, -0.1) is 0 Å². The maximum absolute atomic E-state index is 12.1. The number of anilines is 1. The van der Waals surface area contributed by atoms with Gasteiger partial charge in [0.2, 0.25) is 5.91 Å². The van der Waals surface area contributed by atoms with Gasteiger partial charge in [0.15, 0.2) is 0 Å². The molecular formula is C12H15Cl3N2O. The fourth-order valence-corrected chi connectivity index (χ4v) is 2.03. The van der Waals surface area contributed by atoms with Gasteiger partial charge in [0, 0.05) is 0 Å². The number of amides is 1. The molecule has 0 atom stereocenters. The first-order valence-electron chi connectivity index (χ1n) is 5.59. The molecule has 1 amide bonds. The monoisotopic (exact) mass is 308 g/mol. The molecule has 0 aliphatic heterocycles. The molecule has 0 saturated carbocycles. The lowest BCUT2D eigenvalue weighted by Gasteiger charge is -2.25. The number of benzene rings is 1. The third-order valence-electron chi connectivity index (χ3n) is 2.97. The minimum atomic E-state index is -0.907. The molecular weight excluding hydrogens is 295 g/mol. The maximum Gasteiger partial charge on any atom is 0.244 e. The van der Waals surface area contributed by atoms with Crippen molar-refractivity contribution in [3.8, 4) is 0 Å². The van der Waals surface area contributed by atoms with Crippen molar-refractivity contribution >= 4 is 46.4 Å². The van der Waals surface area contributed by atoms with Crippen LogP contribution in [-0.4, -0.2) is 11.4 Å². The molecule has 6 heteroatoms. The van der Waals surface area contributed by atoms with Crippen molar-refractivity contribution in [3.63, 3.8) is 0 Å². The lowest BCUT2D eigenvalue weighted by Crippen LogP contribution is -2.50. The second kappa shape index (κ2) is 6.11. The number of hydrogen-bond acceptors (Lipinski definition) is 2. The zero-order chi connectivity index (χ0) is 13.9. The summed E-state index contributed by atoms with van der Waals surface area (Å²) in [6, 6.07) is 2.99. The minimum Gasteiger partial charge on any atom is -0.323 e. The lowest BCUT2D eigenvalue weighted by atomic mass is 9.93. The molecule has 18 heavy (non-hydrogen) atoms. The first-order chi connectivity index (χ1) is 8.34. The molecule has 0 aromatic heterocycles. The summed E-state index contributed by atoms with van der Waals surface area (Å²) in [5.74, 6) is -0.284. The summed E-state index contributed by atoms with van der Waals surface area (Å²) >= 11 is 17.7. The van der Waals surface area contributed by atoms with E-state index < -0.39 is 5.54 Å². The number of nitrogens with two attached hydrogens (primary N) is 1. The highest BCUT2D eigenvalue weighted by molar-refractivity contribution is 6.44. The van der Waals surface area contributed by atoms with Crippen LogP contribution in [0.5, 0.6) is 0 Å². The Balaban J connectivity index is 2.98. The van der Waals surface area contributed by atoms with Crippen LogP contribution in [-0.2, 0) is 4.79 Å². The molecule has 1 aromatic carbocycles. The molecule has 0 bridgehead atoms. The largest absolute Gasteiger partial charge is 0.323 e. The van der Waals surface area contributed by atoms with Crippen LogP contribution in [0.1, 0.15) is 26.7 Å². The highest BCUT2D eigenvalue weighted by Crippen LogP contribution is 2.32. The van der Waals surface area contributed by atoms with Crippen molar-refractivity contribution in [2.75, 3.05) is 5.32 Å². The summed E-state index contributed by atoms with van der Waals surface area (Å²) in [5, 5.41) is 3.67. The predicted octanol–water partition coefficient (Wildman–Crippen LogP) is 4.10. The molecule has 0 heterocycles. The van der Waals surface area contributed by atoms with E-state index in [0.717, 1.165) is 0 Å². The van der Waals surface area contributed by atoms with Gasteiger partial charge >= 0.3 is 0 Å². The Labute approximate surface area is 122 Å². The number of halogens is 3. The van der Waals surface area contributed by atoms with Crippen molar-refractivity contribution in [1.29, 1.82) is 0 Å². The molecule has 1 rings (SSSR count). The Kier molecular flexibility index (Phi) is 5.29. The molecule has 0 saturated heterocycles. The summed E-state index contributed by atoms with van der Waals surface area (Å²) in [6.07, 6.45) is 1.07. The highest BCUT2D eigenvalue weighted by Gasteiger charge is 2.30. The molecule has 0 unspecified atom stereocenters. The van der Waals surface area contributed by atoms with E-state index >= 15 is 0 Å². The van der Waals surface area contributed by atoms with Crippen LogP contribution in [0.25, 0.3) is 0 Å². The fourth-order valence-electron chi connectivity index (χ4n) is 1.44. The van der Waals surface area contributed by atoms with E-state index in [1.54, 1.807) is 0 Å². The van der Waals surface area contributed by atoms with E-state index in [9.17, 15) is 4.79 Å². The number of carbonyl (C=O) groups is 1. The highest BCUT2D eigenvalue weighted by atomic mass is 35.5. The quantitative estimate of drug-likeness (QED) is 0.823. The van der Waals surface area contributed by atoms with E-state index in [1.165, 1.54) is 12.1 Å². The summed E-state index contributed by atoms with van der Waals surface area (Å²) in [4.78, 5) is 12.1. The van der Waals surface area contributed by atoms with E-state index in [4.69, 9.17) is 40.5 Å². The Morgan fingerprint density at radius 1 is 1.17 bits per heavy atom. The third kappa shape index (κ3) is 3.29. The Hall–Kier alpha value is -0.480. The molecule has 100 valence electrons. The van der Waals surface area contributed by atoms with Gasteiger partial charge in [-0.25, -0.2) is 0 Å². The number of nitrogens with one attached hydrogen (secondary N) is 1. The van der Waals surface area contributed by atoms with Crippen LogP contribution in [0.2, 0.25) is 15.1 Å².